The van der Waals surface area contributed by atoms with Crippen LogP contribution >= 0.6 is 24.0 Å². The lowest BCUT2D eigenvalue weighted by Gasteiger charge is -2.47. The van der Waals surface area contributed by atoms with Gasteiger partial charge in [-0.2, -0.15) is 0 Å². The maximum Gasteiger partial charge on any atom is 0.303 e. The fourth-order valence-electron chi connectivity index (χ4n) is 4.56. The van der Waals surface area contributed by atoms with Crippen molar-refractivity contribution in [1.82, 2.24) is 4.90 Å². The summed E-state index contributed by atoms with van der Waals surface area (Å²) in [6, 6.07) is 9.88. The zero-order valence-electron chi connectivity index (χ0n) is 19.3. The summed E-state index contributed by atoms with van der Waals surface area (Å²) < 4.78 is 21.9. The van der Waals surface area contributed by atoms with Crippen LogP contribution < -0.4 is 18.9 Å². The highest BCUT2D eigenvalue weighted by molar-refractivity contribution is 14.0. The quantitative estimate of drug-likeness (QED) is 0.465. The molecule has 0 saturated heterocycles. The second kappa shape index (κ2) is 11.1. The number of hydrogen-bond acceptors (Lipinski definition) is 6. The standard InChI is InChI=1S/C24H31NO6.HI/c1-25-11-9-17-13-21(30-4)22(31-5)14-18(17)24(25,10-8-23(26)27)15-16-6-7-19(28-2)20(12-16)29-3;/h6-7,12-14H,8-11,15H2,1-5H3,(H,26,27);1H. The van der Waals surface area contributed by atoms with E-state index in [2.05, 4.69) is 11.9 Å². The van der Waals surface area contributed by atoms with E-state index in [9.17, 15) is 9.90 Å². The van der Waals surface area contributed by atoms with Crippen LogP contribution in [-0.2, 0) is 23.2 Å². The molecular weight excluding hydrogens is 525 g/mol. The maximum absolute atomic E-state index is 11.6. The predicted molar refractivity (Wildman–Crippen MR) is 133 cm³/mol. The van der Waals surface area contributed by atoms with Gasteiger partial charge in [0.2, 0.25) is 0 Å². The van der Waals surface area contributed by atoms with Gasteiger partial charge in [0, 0.05) is 13.0 Å². The fourth-order valence-corrected chi connectivity index (χ4v) is 4.56. The molecule has 1 atom stereocenters. The second-order valence-corrected chi connectivity index (χ2v) is 7.83. The molecule has 1 aliphatic rings. The first-order chi connectivity index (χ1) is 14.9. The zero-order valence-corrected chi connectivity index (χ0v) is 21.6. The summed E-state index contributed by atoms with van der Waals surface area (Å²) in [5.74, 6) is 1.83. The molecule has 0 aliphatic carbocycles. The van der Waals surface area contributed by atoms with E-state index in [-0.39, 0.29) is 30.4 Å². The number of halogens is 1. The lowest BCUT2D eigenvalue weighted by molar-refractivity contribution is -0.138. The summed E-state index contributed by atoms with van der Waals surface area (Å²) in [6.45, 7) is 0.815. The number of carbonyl (C=O) groups is 1. The number of likely N-dealkylation sites (N-methyl/N-ethyl adjacent to an activating group) is 1. The van der Waals surface area contributed by atoms with Gasteiger partial charge in [-0.05, 0) is 67.3 Å². The Morgan fingerprint density at radius 3 is 2.16 bits per heavy atom. The van der Waals surface area contributed by atoms with Crippen LogP contribution in [0.2, 0.25) is 0 Å². The van der Waals surface area contributed by atoms with E-state index in [4.69, 9.17) is 18.9 Å². The summed E-state index contributed by atoms with van der Waals surface area (Å²) in [6.07, 6.45) is 2.01. The van der Waals surface area contributed by atoms with E-state index in [0.29, 0.717) is 35.8 Å². The molecular formula is C24H32INO6. The number of nitrogens with zero attached hydrogens (tertiary/aromatic N) is 1. The van der Waals surface area contributed by atoms with Crippen LogP contribution in [0.15, 0.2) is 30.3 Å². The Labute approximate surface area is 206 Å². The van der Waals surface area contributed by atoms with Crippen LogP contribution in [0.3, 0.4) is 0 Å². The van der Waals surface area contributed by atoms with Crippen molar-refractivity contribution >= 4 is 29.9 Å². The molecule has 0 fully saturated rings. The van der Waals surface area contributed by atoms with Crippen molar-refractivity contribution in [3.8, 4) is 23.0 Å². The number of aliphatic carboxylic acids is 1. The third-order valence-corrected chi connectivity index (χ3v) is 6.25. The van der Waals surface area contributed by atoms with E-state index in [0.717, 1.165) is 29.7 Å². The van der Waals surface area contributed by atoms with Gasteiger partial charge in [0.25, 0.3) is 0 Å². The van der Waals surface area contributed by atoms with Gasteiger partial charge in [-0.3, -0.25) is 9.69 Å². The van der Waals surface area contributed by atoms with E-state index in [1.165, 1.54) is 0 Å². The number of fused-ring (bicyclic) bond motifs is 1. The first-order valence-electron chi connectivity index (χ1n) is 10.3. The zero-order chi connectivity index (χ0) is 22.6. The van der Waals surface area contributed by atoms with E-state index >= 15 is 0 Å². The van der Waals surface area contributed by atoms with Gasteiger partial charge < -0.3 is 24.1 Å². The largest absolute Gasteiger partial charge is 0.493 e. The maximum atomic E-state index is 11.6. The van der Waals surface area contributed by atoms with Crippen molar-refractivity contribution in [3.63, 3.8) is 0 Å². The summed E-state index contributed by atoms with van der Waals surface area (Å²) in [7, 11) is 8.52. The molecule has 1 heterocycles. The van der Waals surface area contributed by atoms with Crippen LogP contribution in [0.4, 0.5) is 0 Å². The predicted octanol–water partition coefficient (Wildman–Crippen LogP) is 4.13. The van der Waals surface area contributed by atoms with E-state index in [1.54, 1.807) is 28.4 Å². The lowest BCUT2D eigenvalue weighted by atomic mass is 9.73. The number of ether oxygens (including phenoxy) is 4. The van der Waals surface area contributed by atoms with Crippen LogP contribution in [0.25, 0.3) is 0 Å². The molecule has 0 aromatic heterocycles. The van der Waals surface area contributed by atoms with Crippen molar-refractivity contribution in [2.45, 2.75) is 31.2 Å². The fraction of sp³-hybridized carbons (Fsp3) is 0.458. The Balaban J connectivity index is 0.00000363. The van der Waals surface area contributed by atoms with E-state index < -0.39 is 11.5 Å². The molecule has 1 aliphatic heterocycles. The average molecular weight is 557 g/mol. The van der Waals surface area contributed by atoms with Crippen molar-refractivity contribution in [2.24, 2.45) is 0 Å². The molecule has 7 nitrogen and oxygen atoms in total. The van der Waals surface area contributed by atoms with E-state index in [1.807, 2.05) is 30.3 Å². The molecule has 176 valence electrons. The summed E-state index contributed by atoms with van der Waals surface area (Å²) in [5.41, 5.74) is 2.76. The number of methoxy groups -OCH3 is 4. The Hall–Kier alpha value is -2.20. The van der Waals surface area contributed by atoms with Gasteiger partial charge in [0.15, 0.2) is 23.0 Å². The monoisotopic (exact) mass is 557 g/mol. The Morgan fingerprint density at radius 2 is 1.56 bits per heavy atom. The molecule has 1 N–H and O–H groups in total. The first-order valence-corrected chi connectivity index (χ1v) is 10.3. The normalized spacial score (nSPS) is 17.7. The molecule has 0 radical (unpaired) electrons. The SMILES string of the molecule is COc1ccc(CC2(CCC(=O)O)c3cc(OC)c(OC)cc3CCN2C)cc1OC.I. The van der Waals surface area contributed by atoms with Crippen LogP contribution in [-0.4, -0.2) is 58.0 Å². The molecule has 2 aromatic carbocycles. The number of carboxylic acids is 1. The summed E-state index contributed by atoms with van der Waals surface area (Å²) in [5, 5.41) is 9.49. The molecule has 0 amide bonds. The summed E-state index contributed by atoms with van der Waals surface area (Å²) >= 11 is 0. The number of carboxylic acid groups (broad SMARTS) is 1. The molecule has 0 saturated carbocycles. The Morgan fingerprint density at radius 1 is 0.969 bits per heavy atom. The third kappa shape index (κ3) is 5.06. The van der Waals surface area contributed by atoms with Gasteiger partial charge in [-0.15, -0.1) is 24.0 Å². The molecule has 0 bridgehead atoms. The second-order valence-electron chi connectivity index (χ2n) is 7.83. The number of benzene rings is 2. The van der Waals surface area contributed by atoms with Crippen molar-refractivity contribution < 1.29 is 28.8 Å². The highest BCUT2D eigenvalue weighted by Gasteiger charge is 2.42. The molecule has 8 heteroatoms. The van der Waals surface area contributed by atoms with Crippen molar-refractivity contribution in [1.29, 1.82) is 0 Å². The first kappa shape index (κ1) is 26.1. The van der Waals surface area contributed by atoms with Gasteiger partial charge >= 0.3 is 5.97 Å². The Bertz CT molecular complexity index is 950. The minimum Gasteiger partial charge on any atom is -0.493 e. The van der Waals surface area contributed by atoms with Crippen LogP contribution in [0, 0.1) is 0 Å². The van der Waals surface area contributed by atoms with Crippen LogP contribution in [0.5, 0.6) is 23.0 Å². The number of rotatable bonds is 9. The van der Waals surface area contributed by atoms with Gasteiger partial charge in [-0.1, -0.05) is 6.07 Å². The van der Waals surface area contributed by atoms with Gasteiger partial charge in [0.05, 0.1) is 34.0 Å². The number of hydrogen-bond donors (Lipinski definition) is 1. The van der Waals surface area contributed by atoms with Crippen LogP contribution in [0.1, 0.15) is 29.5 Å². The van der Waals surface area contributed by atoms with Gasteiger partial charge in [0.1, 0.15) is 0 Å². The lowest BCUT2D eigenvalue weighted by Crippen LogP contribution is -2.50. The van der Waals surface area contributed by atoms with Crippen molar-refractivity contribution in [3.05, 3.63) is 47.0 Å². The third-order valence-electron chi connectivity index (χ3n) is 6.25. The molecule has 32 heavy (non-hydrogen) atoms. The molecule has 0 spiro atoms. The highest BCUT2D eigenvalue weighted by atomic mass is 127. The summed E-state index contributed by atoms with van der Waals surface area (Å²) in [4.78, 5) is 13.8. The molecule has 3 rings (SSSR count). The molecule has 2 aromatic rings. The molecule has 1 unspecified atom stereocenters. The highest BCUT2D eigenvalue weighted by Crippen LogP contribution is 2.45. The minimum absolute atomic E-state index is 0. The Kier molecular flexibility index (Phi) is 9.03. The van der Waals surface area contributed by atoms with Crippen molar-refractivity contribution in [2.75, 3.05) is 42.0 Å². The average Bonchev–Trinajstić information content (AvgIpc) is 2.78. The smallest absolute Gasteiger partial charge is 0.303 e. The van der Waals surface area contributed by atoms with Gasteiger partial charge in [-0.25, -0.2) is 0 Å². The topological polar surface area (TPSA) is 77.5 Å². The minimum atomic E-state index is -0.812.